The molecule has 1 aromatic rings. The highest BCUT2D eigenvalue weighted by Crippen LogP contribution is 2.49. The summed E-state index contributed by atoms with van der Waals surface area (Å²) in [6.07, 6.45) is 5.37. The summed E-state index contributed by atoms with van der Waals surface area (Å²) in [6.45, 7) is 10.6. The maximum Gasteiger partial charge on any atom is 0.0451 e. The minimum atomic E-state index is 0.488. The highest BCUT2D eigenvalue weighted by Gasteiger charge is 2.40. The molecule has 102 valence electrons. The number of hydrogen-bond acceptors (Lipinski definition) is 2. The number of aryl methyl sites for hydroxylation is 1. The van der Waals surface area contributed by atoms with Crippen molar-refractivity contribution >= 4 is 11.3 Å². The van der Waals surface area contributed by atoms with Crippen LogP contribution >= 0.6 is 11.3 Å². The molecule has 0 aliphatic heterocycles. The molecule has 1 N–H and O–H groups in total. The Bertz CT molecular complexity index is 380. The van der Waals surface area contributed by atoms with Crippen LogP contribution in [0.4, 0.5) is 0 Å². The van der Waals surface area contributed by atoms with Gasteiger partial charge in [-0.1, -0.05) is 27.2 Å². The monoisotopic (exact) mass is 265 g/mol. The van der Waals surface area contributed by atoms with E-state index in [-0.39, 0.29) is 0 Å². The summed E-state index contributed by atoms with van der Waals surface area (Å²) < 4.78 is 0. The van der Waals surface area contributed by atoms with Crippen molar-refractivity contribution in [3.63, 3.8) is 0 Å². The van der Waals surface area contributed by atoms with Gasteiger partial charge in [0.25, 0.3) is 0 Å². The number of nitrogens with one attached hydrogen (secondary N) is 1. The summed E-state index contributed by atoms with van der Waals surface area (Å²) in [5.74, 6) is 0.793. The van der Waals surface area contributed by atoms with Gasteiger partial charge in [0.2, 0.25) is 0 Å². The van der Waals surface area contributed by atoms with Crippen molar-refractivity contribution < 1.29 is 0 Å². The van der Waals surface area contributed by atoms with Crippen LogP contribution < -0.4 is 5.32 Å². The molecule has 0 saturated heterocycles. The Morgan fingerprint density at radius 3 is 2.78 bits per heavy atom. The van der Waals surface area contributed by atoms with Gasteiger partial charge in [-0.05, 0) is 61.1 Å². The van der Waals surface area contributed by atoms with E-state index in [1.54, 1.807) is 4.88 Å². The smallest absolute Gasteiger partial charge is 0.0451 e. The summed E-state index contributed by atoms with van der Waals surface area (Å²) in [5.41, 5.74) is 1.96. The predicted molar refractivity (Wildman–Crippen MR) is 81.2 cm³/mol. The average Bonchev–Trinajstić information content (AvgIpc) is 2.87. The third kappa shape index (κ3) is 2.80. The fourth-order valence-electron chi connectivity index (χ4n) is 3.39. The van der Waals surface area contributed by atoms with Crippen LogP contribution in [0.3, 0.4) is 0 Å². The van der Waals surface area contributed by atoms with Crippen molar-refractivity contribution in [2.24, 2.45) is 11.3 Å². The van der Waals surface area contributed by atoms with Crippen molar-refractivity contribution in [2.75, 3.05) is 6.54 Å². The van der Waals surface area contributed by atoms with Crippen LogP contribution in [0.5, 0.6) is 0 Å². The highest BCUT2D eigenvalue weighted by molar-refractivity contribution is 7.10. The summed E-state index contributed by atoms with van der Waals surface area (Å²) in [5, 5.41) is 6.06. The van der Waals surface area contributed by atoms with E-state index in [1.165, 1.54) is 31.2 Å². The molecule has 2 heteroatoms. The number of rotatable bonds is 5. The lowest BCUT2D eigenvalue weighted by Gasteiger charge is -2.35. The van der Waals surface area contributed by atoms with Gasteiger partial charge in [0.15, 0.2) is 0 Å². The van der Waals surface area contributed by atoms with Gasteiger partial charge in [-0.15, -0.1) is 11.3 Å². The first kappa shape index (κ1) is 14.1. The second-order valence-electron chi connectivity index (χ2n) is 6.39. The molecule has 2 atom stereocenters. The molecule has 18 heavy (non-hydrogen) atoms. The topological polar surface area (TPSA) is 12.0 Å². The minimum Gasteiger partial charge on any atom is -0.309 e. The molecule has 1 aliphatic rings. The largest absolute Gasteiger partial charge is 0.309 e. The molecule has 1 heterocycles. The number of hydrogen-bond donors (Lipinski definition) is 1. The van der Waals surface area contributed by atoms with E-state index in [1.807, 2.05) is 11.3 Å². The van der Waals surface area contributed by atoms with Crippen molar-refractivity contribution in [3.8, 4) is 0 Å². The molecule has 0 amide bonds. The summed E-state index contributed by atoms with van der Waals surface area (Å²) in [4.78, 5) is 1.57. The zero-order chi connectivity index (χ0) is 13.2. The summed E-state index contributed by atoms with van der Waals surface area (Å²) in [6, 6.07) is 2.84. The SMILES string of the molecule is CCCNC(c1sccc1C)C1CCCC1(C)C. The van der Waals surface area contributed by atoms with Gasteiger partial charge in [-0.2, -0.15) is 0 Å². The molecule has 1 fully saturated rings. The van der Waals surface area contributed by atoms with Gasteiger partial charge in [-0.25, -0.2) is 0 Å². The fraction of sp³-hybridized carbons (Fsp3) is 0.750. The maximum atomic E-state index is 3.82. The molecule has 2 unspecified atom stereocenters. The van der Waals surface area contributed by atoms with Gasteiger partial charge in [0.1, 0.15) is 0 Å². The molecule has 0 spiro atoms. The lowest BCUT2D eigenvalue weighted by Crippen LogP contribution is -2.34. The van der Waals surface area contributed by atoms with Gasteiger partial charge in [0, 0.05) is 10.9 Å². The standard InChI is InChI=1S/C16H27NS/c1-5-10-17-14(15-12(2)8-11-18-15)13-7-6-9-16(13,3)4/h8,11,13-14,17H,5-7,9-10H2,1-4H3. The van der Waals surface area contributed by atoms with Crippen molar-refractivity contribution in [1.82, 2.24) is 5.32 Å². The van der Waals surface area contributed by atoms with Gasteiger partial charge >= 0.3 is 0 Å². The van der Waals surface area contributed by atoms with Crippen LogP contribution in [0.2, 0.25) is 0 Å². The zero-order valence-electron chi connectivity index (χ0n) is 12.3. The lowest BCUT2D eigenvalue weighted by molar-refractivity contribution is 0.199. The van der Waals surface area contributed by atoms with Crippen molar-refractivity contribution in [3.05, 3.63) is 21.9 Å². The van der Waals surface area contributed by atoms with E-state index < -0.39 is 0 Å². The Labute approximate surface area is 116 Å². The molecule has 0 aromatic carbocycles. The van der Waals surface area contributed by atoms with Crippen molar-refractivity contribution in [2.45, 2.75) is 59.4 Å². The third-order valence-corrected chi connectivity index (χ3v) is 5.64. The lowest BCUT2D eigenvalue weighted by atomic mass is 9.76. The Morgan fingerprint density at radius 1 is 1.50 bits per heavy atom. The first-order valence-corrected chi connectivity index (χ1v) is 8.21. The molecular weight excluding hydrogens is 238 g/mol. The molecule has 0 bridgehead atoms. The second-order valence-corrected chi connectivity index (χ2v) is 7.33. The normalized spacial score (nSPS) is 24.3. The van der Waals surface area contributed by atoms with Crippen molar-refractivity contribution in [1.29, 1.82) is 0 Å². The minimum absolute atomic E-state index is 0.488. The molecule has 0 radical (unpaired) electrons. The molecular formula is C16H27NS. The van der Waals surface area contributed by atoms with E-state index in [0.717, 1.165) is 12.5 Å². The van der Waals surface area contributed by atoms with Crippen LogP contribution in [0.1, 0.15) is 62.9 Å². The predicted octanol–water partition coefficient (Wildman–Crippen LogP) is 4.92. The fourth-order valence-corrected chi connectivity index (χ4v) is 4.46. The Balaban J connectivity index is 2.23. The summed E-state index contributed by atoms with van der Waals surface area (Å²) >= 11 is 1.93. The number of thiophene rings is 1. The van der Waals surface area contributed by atoms with E-state index in [2.05, 4.69) is 44.5 Å². The van der Waals surface area contributed by atoms with E-state index in [9.17, 15) is 0 Å². The van der Waals surface area contributed by atoms with E-state index >= 15 is 0 Å². The molecule has 2 rings (SSSR count). The molecule has 1 saturated carbocycles. The average molecular weight is 265 g/mol. The van der Waals surface area contributed by atoms with Gasteiger partial charge in [0.05, 0.1) is 0 Å². The van der Waals surface area contributed by atoms with Crippen LogP contribution in [0, 0.1) is 18.3 Å². The third-order valence-electron chi connectivity index (χ3n) is 4.54. The maximum absolute atomic E-state index is 3.82. The second kappa shape index (κ2) is 5.75. The first-order valence-electron chi connectivity index (χ1n) is 7.33. The van der Waals surface area contributed by atoms with Crippen LogP contribution in [-0.4, -0.2) is 6.54 Å². The summed E-state index contributed by atoms with van der Waals surface area (Å²) in [7, 11) is 0. The van der Waals surface area contributed by atoms with Gasteiger partial charge in [-0.3, -0.25) is 0 Å². The molecule has 1 aliphatic carbocycles. The molecule has 1 aromatic heterocycles. The van der Waals surface area contributed by atoms with Gasteiger partial charge < -0.3 is 5.32 Å². The van der Waals surface area contributed by atoms with Crippen LogP contribution in [-0.2, 0) is 0 Å². The van der Waals surface area contributed by atoms with E-state index in [0.29, 0.717) is 11.5 Å². The van der Waals surface area contributed by atoms with Crippen LogP contribution in [0.25, 0.3) is 0 Å². The Morgan fingerprint density at radius 2 is 2.28 bits per heavy atom. The first-order chi connectivity index (χ1) is 8.56. The van der Waals surface area contributed by atoms with E-state index in [4.69, 9.17) is 0 Å². The zero-order valence-corrected chi connectivity index (χ0v) is 13.1. The quantitative estimate of drug-likeness (QED) is 0.796. The highest BCUT2D eigenvalue weighted by atomic mass is 32.1. The Hall–Kier alpha value is -0.340. The Kier molecular flexibility index (Phi) is 4.50. The van der Waals surface area contributed by atoms with Crippen LogP contribution in [0.15, 0.2) is 11.4 Å². The molecule has 1 nitrogen and oxygen atoms in total.